The normalized spacial score (nSPS) is 24.3. The predicted molar refractivity (Wildman–Crippen MR) is 51.5 cm³/mol. The number of nitrogens with zero attached hydrogens (tertiary/aromatic N) is 2. The van der Waals surface area contributed by atoms with Crippen LogP contribution in [0.2, 0.25) is 0 Å². The standard InChI is InChI=1S/C7H10IN3/c8-7-2-4-11(10-7)6-1-3-9-5-6/h2,4,6,9H,1,3,5H2. The Balaban J connectivity index is 2.15. The maximum atomic E-state index is 4.36. The van der Waals surface area contributed by atoms with Crippen molar-refractivity contribution >= 4 is 22.6 Å². The van der Waals surface area contributed by atoms with E-state index in [1.807, 2.05) is 6.07 Å². The summed E-state index contributed by atoms with van der Waals surface area (Å²) < 4.78 is 3.14. The quantitative estimate of drug-likeness (QED) is 0.767. The Morgan fingerprint density at radius 3 is 3.18 bits per heavy atom. The molecule has 1 unspecified atom stereocenters. The van der Waals surface area contributed by atoms with Gasteiger partial charge in [-0.05, 0) is 41.6 Å². The molecule has 2 rings (SSSR count). The SMILES string of the molecule is Ic1ccn(C2CCNC2)n1. The van der Waals surface area contributed by atoms with E-state index in [-0.39, 0.29) is 0 Å². The summed E-state index contributed by atoms with van der Waals surface area (Å²) in [5.74, 6) is 0. The molecule has 0 aliphatic carbocycles. The molecule has 0 aromatic carbocycles. The molecule has 1 saturated heterocycles. The first-order valence-corrected chi connectivity index (χ1v) is 4.85. The van der Waals surface area contributed by atoms with E-state index < -0.39 is 0 Å². The van der Waals surface area contributed by atoms with E-state index in [1.54, 1.807) is 0 Å². The van der Waals surface area contributed by atoms with Crippen LogP contribution < -0.4 is 5.32 Å². The zero-order chi connectivity index (χ0) is 7.68. The van der Waals surface area contributed by atoms with Gasteiger partial charge in [0.2, 0.25) is 0 Å². The highest BCUT2D eigenvalue weighted by Crippen LogP contribution is 2.14. The first kappa shape index (κ1) is 7.54. The lowest BCUT2D eigenvalue weighted by atomic mass is 10.3. The summed E-state index contributed by atoms with van der Waals surface area (Å²) in [6.07, 6.45) is 3.26. The minimum absolute atomic E-state index is 0.582. The smallest absolute Gasteiger partial charge is 0.123 e. The van der Waals surface area contributed by atoms with E-state index in [1.165, 1.54) is 6.42 Å². The van der Waals surface area contributed by atoms with Gasteiger partial charge in [-0.2, -0.15) is 5.10 Å². The van der Waals surface area contributed by atoms with E-state index in [0.29, 0.717) is 6.04 Å². The lowest BCUT2D eigenvalue weighted by molar-refractivity contribution is 0.488. The van der Waals surface area contributed by atoms with E-state index >= 15 is 0 Å². The highest BCUT2D eigenvalue weighted by molar-refractivity contribution is 14.1. The van der Waals surface area contributed by atoms with Crippen LogP contribution in [0.15, 0.2) is 12.3 Å². The molecule has 0 spiro atoms. The van der Waals surface area contributed by atoms with Crippen LogP contribution >= 0.6 is 22.6 Å². The highest BCUT2D eigenvalue weighted by atomic mass is 127. The molecular weight excluding hydrogens is 253 g/mol. The average molecular weight is 263 g/mol. The Kier molecular flexibility index (Phi) is 2.13. The van der Waals surface area contributed by atoms with Crippen LogP contribution in [0.1, 0.15) is 12.5 Å². The largest absolute Gasteiger partial charge is 0.315 e. The topological polar surface area (TPSA) is 29.9 Å². The van der Waals surface area contributed by atoms with E-state index in [4.69, 9.17) is 0 Å². The Morgan fingerprint density at radius 1 is 1.73 bits per heavy atom. The Bertz CT molecular complexity index is 240. The number of nitrogens with one attached hydrogen (secondary N) is 1. The summed E-state index contributed by atoms with van der Waals surface area (Å²) in [6, 6.07) is 2.62. The van der Waals surface area contributed by atoms with Crippen LogP contribution in [0.4, 0.5) is 0 Å². The van der Waals surface area contributed by atoms with Crippen LogP contribution in [0.3, 0.4) is 0 Å². The molecule has 1 aromatic heterocycles. The summed E-state index contributed by atoms with van der Waals surface area (Å²) in [4.78, 5) is 0. The van der Waals surface area contributed by atoms with Crippen molar-refractivity contribution in [2.75, 3.05) is 13.1 Å². The summed E-state index contributed by atoms with van der Waals surface area (Å²) in [5, 5.41) is 7.67. The predicted octanol–water partition coefficient (Wildman–Crippen LogP) is 1.02. The van der Waals surface area contributed by atoms with Gasteiger partial charge in [-0.15, -0.1) is 0 Å². The van der Waals surface area contributed by atoms with Crippen molar-refractivity contribution in [2.45, 2.75) is 12.5 Å². The molecule has 0 amide bonds. The molecule has 4 heteroatoms. The van der Waals surface area contributed by atoms with Crippen molar-refractivity contribution in [1.29, 1.82) is 0 Å². The molecule has 11 heavy (non-hydrogen) atoms. The highest BCUT2D eigenvalue weighted by Gasteiger charge is 2.16. The number of hydrogen-bond donors (Lipinski definition) is 1. The second-order valence-electron chi connectivity index (χ2n) is 2.77. The minimum atomic E-state index is 0.582. The maximum absolute atomic E-state index is 4.36. The van der Waals surface area contributed by atoms with E-state index in [0.717, 1.165) is 16.8 Å². The van der Waals surface area contributed by atoms with Gasteiger partial charge >= 0.3 is 0 Å². The van der Waals surface area contributed by atoms with Gasteiger partial charge in [0.1, 0.15) is 3.70 Å². The molecule has 0 saturated carbocycles. The van der Waals surface area contributed by atoms with Crippen molar-refractivity contribution in [3.63, 3.8) is 0 Å². The van der Waals surface area contributed by atoms with Gasteiger partial charge < -0.3 is 5.32 Å². The monoisotopic (exact) mass is 263 g/mol. The second-order valence-corrected chi connectivity index (χ2v) is 3.87. The first-order valence-electron chi connectivity index (χ1n) is 3.77. The third kappa shape index (κ3) is 1.56. The Morgan fingerprint density at radius 2 is 2.64 bits per heavy atom. The molecule has 1 fully saturated rings. The summed E-state index contributed by atoms with van der Waals surface area (Å²) >= 11 is 2.23. The lowest BCUT2D eigenvalue weighted by Gasteiger charge is -2.07. The van der Waals surface area contributed by atoms with E-state index in [2.05, 4.69) is 43.9 Å². The lowest BCUT2D eigenvalue weighted by Crippen LogP contribution is -2.13. The van der Waals surface area contributed by atoms with Gasteiger partial charge in [-0.1, -0.05) is 0 Å². The average Bonchev–Trinajstić information content (AvgIpc) is 2.55. The third-order valence-electron chi connectivity index (χ3n) is 1.98. The molecule has 1 N–H and O–H groups in total. The van der Waals surface area contributed by atoms with Crippen LogP contribution in [0, 0.1) is 3.70 Å². The molecule has 2 heterocycles. The minimum Gasteiger partial charge on any atom is -0.315 e. The van der Waals surface area contributed by atoms with Crippen LogP contribution in [0.25, 0.3) is 0 Å². The van der Waals surface area contributed by atoms with Gasteiger partial charge in [-0.25, -0.2) is 0 Å². The zero-order valence-corrected chi connectivity index (χ0v) is 8.28. The Labute approximate surface area is 79.3 Å². The molecule has 3 nitrogen and oxygen atoms in total. The number of halogens is 1. The van der Waals surface area contributed by atoms with Crippen LogP contribution in [-0.4, -0.2) is 22.9 Å². The molecular formula is C7H10IN3. The zero-order valence-electron chi connectivity index (χ0n) is 6.13. The molecule has 0 bridgehead atoms. The van der Waals surface area contributed by atoms with Crippen LogP contribution in [0.5, 0.6) is 0 Å². The molecule has 1 aliphatic heterocycles. The molecule has 1 aromatic rings. The molecule has 1 atom stereocenters. The Hall–Kier alpha value is -0.100. The third-order valence-corrected chi connectivity index (χ3v) is 2.56. The van der Waals surface area contributed by atoms with Gasteiger partial charge in [0.25, 0.3) is 0 Å². The summed E-state index contributed by atoms with van der Waals surface area (Å²) in [6.45, 7) is 2.19. The van der Waals surface area contributed by atoms with E-state index in [9.17, 15) is 0 Å². The van der Waals surface area contributed by atoms with Gasteiger partial charge in [0.15, 0.2) is 0 Å². The van der Waals surface area contributed by atoms with Gasteiger partial charge in [0, 0.05) is 12.7 Å². The molecule has 1 aliphatic rings. The van der Waals surface area contributed by atoms with Crippen molar-refractivity contribution in [3.05, 3.63) is 16.0 Å². The fourth-order valence-corrected chi connectivity index (χ4v) is 1.79. The second kappa shape index (κ2) is 3.10. The van der Waals surface area contributed by atoms with Gasteiger partial charge in [-0.3, -0.25) is 4.68 Å². The summed E-state index contributed by atoms with van der Waals surface area (Å²) in [7, 11) is 0. The maximum Gasteiger partial charge on any atom is 0.123 e. The number of hydrogen-bond acceptors (Lipinski definition) is 2. The fraction of sp³-hybridized carbons (Fsp3) is 0.571. The fourth-order valence-electron chi connectivity index (χ4n) is 1.38. The van der Waals surface area contributed by atoms with Gasteiger partial charge in [0.05, 0.1) is 6.04 Å². The summed E-state index contributed by atoms with van der Waals surface area (Å²) in [5.41, 5.74) is 0. The van der Waals surface area contributed by atoms with Crippen molar-refractivity contribution in [3.8, 4) is 0 Å². The molecule has 60 valence electrons. The van der Waals surface area contributed by atoms with Crippen molar-refractivity contribution in [2.24, 2.45) is 0 Å². The molecule has 0 radical (unpaired) electrons. The van der Waals surface area contributed by atoms with Crippen molar-refractivity contribution in [1.82, 2.24) is 15.1 Å². The van der Waals surface area contributed by atoms with Crippen LogP contribution in [-0.2, 0) is 0 Å². The number of rotatable bonds is 1. The number of aromatic nitrogens is 2. The van der Waals surface area contributed by atoms with Crippen molar-refractivity contribution < 1.29 is 0 Å². The first-order chi connectivity index (χ1) is 5.36.